The van der Waals surface area contributed by atoms with E-state index in [2.05, 4.69) is 0 Å². The zero-order valence-corrected chi connectivity index (χ0v) is 23.5. The third-order valence-electron chi connectivity index (χ3n) is 6.27. The number of ether oxygens (including phenoxy) is 3. The van der Waals surface area contributed by atoms with E-state index in [4.69, 9.17) is 14.2 Å². The van der Waals surface area contributed by atoms with Gasteiger partial charge in [-0.25, -0.2) is 9.59 Å². The molecule has 0 unspecified atom stereocenters. The molecule has 8 heteroatoms. The number of phenolic OH excluding ortho intramolecular Hbond substituents is 1. The Morgan fingerprint density at radius 1 is 0.757 bits per heavy atom. The summed E-state index contributed by atoms with van der Waals surface area (Å²) in [4.78, 5) is 27.6. The van der Waals surface area contributed by atoms with Crippen LogP contribution in [0.5, 0.6) is 11.5 Å². The summed E-state index contributed by atoms with van der Waals surface area (Å²) in [5, 5.41) is 9.66. The van der Waals surface area contributed by atoms with Crippen molar-refractivity contribution in [3.8, 4) is 11.5 Å². The first-order chi connectivity index (χ1) is 17.1. The van der Waals surface area contributed by atoms with E-state index in [1.54, 1.807) is 29.0 Å². The molecule has 8 nitrogen and oxygen atoms in total. The number of carbonyl (C=O) groups is 2. The normalized spacial score (nSPS) is 14.4. The lowest BCUT2D eigenvalue weighted by Gasteiger charge is -2.25. The van der Waals surface area contributed by atoms with E-state index in [9.17, 15) is 14.7 Å². The van der Waals surface area contributed by atoms with Crippen LogP contribution in [0.2, 0.25) is 0 Å². The summed E-state index contributed by atoms with van der Waals surface area (Å²) in [6, 6.07) is 7.22. The highest BCUT2D eigenvalue weighted by atomic mass is 16.6. The first-order valence-corrected chi connectivity index (χ1v) is 12.6. The number of methoxy groups -OCH3 is 1. The molecule has 0 fully saturated rings. The van der Waals surface area contributed by atoms with Crippen molar-refractivity contribution in [1.82, 2.24) is 0 Å². The topological polar surface area (TPSA) is 88.5 Å². The second kappa shape index (κ2) is 10.5. The average molecular weight is 513 g/mol. The predicted octanol–water partition coefficient (Wildman–Crippen LogP) is 6.30. The Morgan fingerprint density at radius 3 is 1.62 bits per heavy atom. The molecule has 37 heavy (non-hydrogen) atoms. The molecule has 0 bridgehead atoms. The quantitative estimate of drug-likeness (QED) is 0.482. The maximum Gasteiger partial charge on any atom is 0.414 e. The third-order valence-corrected chi connectivity index (χ3v) is 6.27. The Kier molecular flexibility index (Phi) is 8.00. The van der Waals surface area contributed by atoms with Gasteiger partial charge in [0.05, 0.1) is 18.5 Å². The van der Waals surface area contributed by atoms with Crippen LogP contribution in [0.25, 0.3) is 0 Å². The zero-order valence-electron chi connectivity index (χ0n) is 23.5. The molecule has 2 heterocycles. The highest BCUT2D eigenvalue weighted by molar-refractivity contribution is 5.92. The monoisotopic (exact) mass is 512 g/mol. The molecule has 4 rings (SSSR count). The van der Waals surface area contributed by atoms with Gasteiger partial charge in [0.15, 0.2) is 0 Å². The molecule has 0 spiro atoms. The second-order valence-corrected chi connectivity index (χ2v) is 11.4. The summed E-state index contributed by atoms with van der Waals surface area (Å²) < 4.78 is 16.1. The van der Waals surface area contributed by atoms with Gasteiger partial charge in [-0.05, 0) is 115 Å². The largest absolute Gasteiger partial charge is 0.508 e. The lowest BCUT2D eigenvalue weighted by atomic mass is 10.1. The van der Waals surface area contributed by atoms with Crippen molar-refractivity contribution in [1.29, 1.82) is 0 Å². The van der Waals surface area contributed by atoms with Crippen LogP contribution in [0.1, 0.15) is 63.8 Å². The molecule has 0 radical (unpaired) electrons. The van der Waals surface area contributed by atoms with Crippen LogP contribution >= 0.6 is 0 Å². The highest BCUT2D eigenvalue weighted by Crippen LogP contribution is 2.37. The van der Waals surface area contributed by atoms with Crippen molar-refractivity contribution in [2.24, 2.45) is 0 Å². The van der Waals surface area contributed by atoms with Gasteiger partial charge in [0.25, 0.3) is 0 Å². The van der Waals surface area contributed by atoms with Crippen LogP contribution in [0, 0.1) is 13.8 Å². The fourth-order valence-corrected chi connectivity index (χ4v) is 4.51. The van der Waals surface area contributed by atoms with Crippen LogP contribution < -0.4 is 14.5 Å². The number of amides is 2. The molecule has 0 aromatic heterocycles. The van der Waals surface area contributed by atoms with Crippen molar-refractivity contribution < 1.29 is 28.9 Å². The molecule has 2 amide bonds. The first kappa shape index (κ1) is 28.2. The van der Waals surface area contributed by atoms with Crippen LogP contribution in [-0.2, 0) is 22.3 Å². The highest BCUT2D eigenvalue weighted by Gasteiger charge is 2.31. The van der Waals surface area contributed by atoms with Gasteiger partial charge in [0.1, 0.15) is 22.7 Å². The van der Waals surface area contributed by atoms with Crippen molar-refractivity contribution in [3.63, 3.8) is 0 Å². The number of aromatic hydroxyl groups is 1. The predicted molar refractivity (Wildman–Crippen MR) is 145 cm³/mol. The third kappa shape index (κ3) is 6.48. The minimum Gasteiger partial charge on any atom is -0.508 e. The van der Waals surface area contributed by atoms with E-state index in [1.807, 2.05) is 67.5 Å². The molecule has 2 aromatic rings. The Balaban J connectivity index is 0.000000206. The molecular formula is C29H40N2O6. The van der Waals surface area contributed by atoms with Gasteiger partial charge >= 0.3 is 12.2 Å². The van der Waals surface area contributed by atoms with Gasteiger partial charge in [0, 0.05) is 13.1 Å². The van der Waals surface area contributed by atoms with Crippen LogP contribution in [0.3, 0.4) is 0 Å². The van der Waals surface area contributed by atoms with E-state index in [0.29, 0.717) is 13.1 Å². The summed E-state index contributed by atoms with van der Waals surface area (Å²) >= 11 is 0. The van der Waals surface area contributed by atoms with Crippen LogP contribution in [0.4, 0.5) is 21.0 Å². The molecule has 2 aliphatic heterocycles. The van der Waals surface area contributed by atoms with Gasteiger partial charge < -0.3 is 19.3 Å². The van der Waals surface area contributed by atoms with E-state index in [-0.39, 0.29) is 17.9 Å². The number of benzene rings is 2. The number of hydrogen-bond donors (Lipinski definition) is 1. The minimum absolute atomic E-state index is 0.278. The Hall–Kier alpha value is -3.42. The molecule has 0 atom stereocenters. The summed E-state index contributed by atoms with van der Waals surface area (Å²) in [5.74, 6) is 1.14. The molecule has 2 aliphatic rings. The maximum atomic E-state index is 12.2. The number of nitrogens with zero attached hydrogens (tertiary/aromatic N) is 2. The number of rotatable bonds is 1. The Morgan fingerprint density at radius 2 is 1.19 bits per heavy atom. The molecule has 202 valence electrons. The summed E-state index contributed by atoms with van der Waals surface area (Å²) in [6.45, 7) is 16.3. The summed E-state index contributed by atoms with van der Waals surface area (Å²) in [5.41, 5.74) is 4.97. The standard InChI is InChI=1S/C15H21NO3.C14H19NO3/c1-10-11-8-9-16(14(17)19-15(2,3)4)12(11)6-7-13(10)18-5;1-9-10-7-8-15(11(10)5-6-12(9)16)13(17)18-14(2,3)4/h6-7H,8-9H2,1-5H3;5-6,16H,7-8H2,1-4H3. The summed E-state index contributed by atoms with van der Waals surface area (Å²) in [6.07, 6.45) is 0.994. The number of carbonyl (C=O) groups excluding carboxylic acids is 2. The fourth-order valence-electron chi connectivity index (χ4n) is 4.51. The number of phenols is 1. The SMILES string of the molecule is COc1ccc2c(c1C)CCN2C(=O)OC(C)(C)C.Cc1c(O)ccc2c1CCN2C(=O)OC(C)(C)C. The van der Waals surface area contributed by atoms with Gasteiger partial charge in [0.2, 0.25) is 0 Å². The number of fused-ring (bicyclic) bond motifs is 2. The lowest BCUT2D eigenvalue weighted by molar-refractivity contribution is 0.0573. The molecule has 0 saturated carbocycles. The number of anilines is 2. The van der Waals surface area contributed by atoms with Crippen molar-refractivity contribution in [3.05, 3.63) is 46.5 Å². The fraction of sp³-hybridized carbons (Fsp3) is 0.517. The van der Waals surface area contributed by atoms with E-state index in [1.165, 1.54) is 5.56 Å². The van der Waals surface area contributed by atoms with Crippen molar-refractivity contribution >= 4 is 23.6 Å². The average Bonchev–Trinajstić information content (AvgIpc) is 3.40. The van der Waals surface area contributed by atoms with Crippen LogP contribution in [0.15, 0.2) is 24.3 Å². The molecule has 1 N–H and O–H groups in total. The molecule has 0 aliphatic carbocycles. The zero-order chi connectivity index (χ0) is 27.7. The second-order valence-electron chi connectivity index (χ2n) is 11.4. The maximum absolute atomic E-state index is 12.2. The first-order valence-electron chi connectivity index (χ1n) is 12.6. The lowest BCUT2D eigenvalue weighted by Crippen LogP contribution is -2.35. The molecule has 2 aromatic carbocycles. The van der Waals surface area contributed by atoms with Crippen molar-refractivity contribution in [2.75, 3.05) is 30.0 Å². The van der Waals surface area contributed by atoms with Gasteiger partial charge in [-0.1, -0.05) is 0 Å². The Bertz CT molecular complexity index is 1180. The smallest absolute Gasteiger partial charge is 0.414 e. The Labute approximate surface area is 220 Å². The molecular weight excluding hydrogens is 472 g/mol. The van der Waals surface area contributed by atoms with Gasteiger partial charge in [-0.2, -0.15) is 0 Å². The van der Waals surface area contributed by atoms with E-state index >= 15 is 0 Å². The van der Waals surface area contributed by atoms with Gasteiger partial charge in [-0.3, -0.25) is 9.80 Å². The summed E-state index contributed by atoms with van der Waals surface area (Å²) in [7, 11) is 1.66. The van der Waals surface area contributed by atoms with Crippen molar-refractivity contribution in [2.45, 2.75) is 79.4 Å². The van der Waals surface area contributed by atoms with E-state index < -0.39 is 11.2 Å². The molecule has 0 saturated heterocycles. The number of hydrogen-bond acceptors (Lipinski definition) is 6. The minimum atomic E-state index is -0.494. The van der Waals surface area contributed by atoms with E-state index in [0.717, 1.165) is 46.7 Å². The van der Waals surface area contributed by atoms with Crippen LogP contribution in [-0.4, -0.2) is 48.7 Å². The van der Waals surface area contributed by atoms with Gasteiger partial charge in [-0.15, -0.1) is 0 Å².